The predicted octanol–water partition coefficient (Wildman–Crippen LogP) is -3.26. The normalized spacial score (nSPS) is 22.2. The largest absolute Gasteiger partial charge is 0.480 e. The number of carbonyl (C=O) groups is 4. The average Bonchev–Trinajstić information content (AvgIpc) is 2.84. The third-order valence-corrected chi connectivity index (χ3v) is 3.35. The Morgan fingerprint density at radius 1 is 1.32 bits per heavy atom. The maximum Gasteiger partial charge on any atom is 0.326 e. The second-order valence-electron chi connectivity index (χ2n) is 5.06. The monoisotopic (exact) mass is 316 g/mol. The summed E-state index contributed by atoms with van der Waals surface area (Å²) >= 11 is 0. The van der Waals surface area contributed by atoms with Crippen LogP contribution in [0.4, 0.5) is 0 Å². The molecule has 1 fully saturated rings. The molecule has 0 spiro atoms. The number of nitrogens with zero attached hydrogens (tertiary/aromatic N) is 1. The average molecular weight is 316 g/mol. The molecule has 0 bridgehead atoms. The van der Waals surface area contributed by atoms with Crippen molar-refractivity contribution in [3.05, 3.63) is 0 Å². The molecule has 0 aromatic rings. The highest BCUT2D eigenvalue weighted by molar-refractivity contribution is 5.91. The zero-order valence-electron chi connectivity index (χ0n) is 11.9. The van der Waals surface area contributed by atoms with E-state index >= 15 is 0 Å². The molecule has 1 saturated heterocycles. The van der Waals surface area contributed by atoms with E-state index in [0.717, 1.165) is 4.90 Å². The van der Waals surface area contributed by atoms with E-state index in [0.29, 0.717) is 0 Å². The fourth-order valence-electron chi connectivity index (χ4n) is 2.29. The van der Waals surface area contributed by atoms with Crippen LogP contribution in [0.25, 0.3) is 0 Å². The van der Waals surface area contributed by atoms with E-state index in [1.807, 2.05) is 0 Å². The lowest BCUT2D eigenvalue weighted by Crippen LogP contribution is -2.53. The molecule has 0 aliphatic carbocycles. The van der Waals surface area contributed by atoms with Crippen LogP contribution in [-0.4, -0.2) is 70.1 Å². The second kappa shape index (κ2) is 7.71. The van der Waals surface area contributed by atoms with Gasteiger partial charge in [-0.2, -0.15) is 0 Å². The number of carboxylic acid groups (broad SMARTS) is 1. The molecule has 0 unspecified atom stereocenters. The minimum absolute atomic E-state index is 0.0706. The number of hydrogen-bond donors (Lipinski definition) is 5. The van der Waals surface area contributed by atoms with Crippen LogP contribution >= 0.6 is 0 Å². The molecule has 1 heterocycles. The molecule has 7 N–H and O–H groups in total. The molecule has 10 heteroatoms. The fourth-order valence-corrected chi connectivity index (χ4v) is 2.29. The molecule has 0 aromatic heterocycles. The van der Waals surface area contributed by atoms with Crippen molar-refractivity contribution in [2.24, 2.45) is 11.5 Å². The van der Waals surface area contributed by atoms with Gasteiger partial charge >= 0.3 is 5.97 Å². The van der Waals surface area contributed by atoms with Gasteiger partial charge < -0.3 is 31.9 Å². The second-order valence-corrected chi connectivity index (χ2v) is 5.06. The van der Waals surface area contributed by atoms with E-state index in [-0.39, 0.29) is 32.4 Å². The highest BCUT2D eigenvalue weighted by Gasteiger charge is 2.41. The van der Waals surface area contributed by atoms with E-state index in [2.05, 4.69) is 5.32 Å². The van der Waals surface area contributed by atoms with Crippen LogP contribution in [0, 0.1) is 0 Å². The highest BCUT2D eigenvalue weighted by Crippen LogP contribution is 2.20. The molecular weight excluding hydrogens is 296 g/mol. The van der Waals surface area contributed by atoms with E-state index in [1.165, 1.54) is 0 Å². The number of nitrogens with one attached hydrogen (secondary N) is 1. The maximum absolute atomic E-state index is 12.4. The zero-order valence-corrected chi connectivity index (χ0v) is 11.9. The van der Waals surface area contributed by atoms with E-state index < -0.39 is 41.9 Å². The Morgan fingerprint density at radius 2 is 1.95 bits per heavy atom. The van der Waals surface area contributed by atoms with Gasteiger partial charge in [0.15, 0.2) is 0 Å². The third-order valence-electron chi connectivity index (χ3n) is 3.35. The van der Waals surface area contributed by atoms with Crippen molar-refractivity contribution in [3.63, 3.8) is 0 Å². The molecule has 22 heavy (non-hydrogen) atoms. The summed E-state index contributed by atoms with van der Waals surface area (Å²) in [4.78, 5) is 46.8. The molecule has 124 valence electrons. The lowest BCUT2D eigenvalue weighted by molar-refractivity contribution is -0.149. The van der Waals surface area contributed by atoms with Crippen molar-refractivity contribution in [1.82, 2.24) is 10.2 Å². The van der Waals surface area contributed by atoms with E-state index in [4.69, 9.17) is 16.6 Å². The van der Waals surface area contributed by atoms with Gasteiger partial charge in [-0.3, -0.25) is 14.4 Å². The van der Waals surface area contributed by atoms with Crippen LogP contribution in [0.15, 0.2) is 0 Å². The first-order valence-corrected chi connectivity index (χ1v) is 6.75. The molecule has 1 aliphatic heterocycles. The Morgan fingerprint density at radius 3 is 2.45 bits per heavy atom. The minimum Gasteiger partial charge on any atom is -0.480 e. The summed E-state index contributed by atoms with van der Waals surface area (Å²) in [6, 6.07) is -2.29. The quantitative estimate of drug-likeness (QED) is 0.327. The number of amides is 3. The van der Waals surface area contributed by atoms with Gasteiger partial charge in [0.2, 0.25) is 17.7 Å². The number of likely N-dealkylation sites (tertiary alicyclic amines) is 1. The van der Waals surface area contributed by atoms with Gasteiger partial charge in [-0.15, -0.1) is 0 Å². The van der Waals surface area contributed by atoms with Gasteiger partial charge in [0.05, 0.1) is 12.6 Å². The summed E-state index contributed by atoms with van der Waals surface area (Å²) in [7, 11) is 0. The number of carboxylic acids is 1. The molecule has 1 rings (SSSR count). The predicted molar refractivity (Wildman–Crippen MR) is 73.2 cm³/mol. The highest BCUT2D eigenvalue weighted by atomic mass is 16.4. The Balaban J connectivity index is 2.86. The lowest BCUT2D eigenvalue weighted by atomic mass is 10.1. The first-order valence-electron chi connectivity index (χ1n) is 6.75. The van der Waals surface area contributed by atoms with E-state index in [9.17, 15) is 24.3 Å². The Hall–Kier alpha value is -2.20. The smallest absolute Gasteiger partial charge is 0.326 e. The van der Waals surface area contributed by atoms with Crippen molar-refractivity contribution < 1.29 is 29.4 Å². The molecule has 3 atom stereocenters. The zero-order chi connectivity index (χ0) is 16.9. The third kappa shape index (κ3) is 4.67. The Kier molecular flexibility index (Phi) is 6.25. The van der Waals surface area contributed by atoms with Crippen LogP contribution in [0.2, 0.25) is 0 Å². The number of rotatable bonds is 7. The van der Waals surface area contributed by atoms with Crippen LogP contribution in [-0.2, 0) is 19.2 Å². The number of carbonyl (C=O) groups excluding carboxylic acids is 3. The number of aliphatic hydroxyl groups excluding tert-OH is 1. The molecule has 3 amide bonds. The van der Waals surface area contributed by atoms with Gasteiger partial charge in [0.25, 0.3) is 0 Å². The van der Waals surface area contributed by atoms with Crippen LogP contribution in [0.1, 0.15) is 19.3 Å². The molecule has 1 aliphatic rings. The topological polar surface area (TPSA) is 176 Å². The summed E-state index contributed by atoms with van der Waals surface area (Å²) < 4.78 is 0. The minimum atomic E-state index is -1.25. The fraction of sp³-hybridized carbons (Fsp3) is 0.667. The summed E-state index contributed by atoms with van der Waals surface area (Å²) in [5, 5.41) is 21.0. The lowest BCUT2D eigenvalue weighted by Gasteiger charge is -2.27. The first kappa shape index (κ1) is 17.9. The number of hydrogen-bond acceptors (Lipinski definition) is 6. The van der Waals surface area contributed by atoms with Crippen molar-refractivity contribution in [1.29, 1.82) is 0 Å². The molecule has 0 radical (unpaired) electrons. The van der Waals surface area contributed by atoms with Crippen LogP contribution in [0.3, 0.4) is 0 Å². The number of nitrogens with two attached hydrogens (primary N) is 2. The molecule has 0 saturated carbocycles. The Bertz CT molecular complexity index is 469. The van der Waals surface area contributed by atoms with E-state index in [1.54, 1.807) is 0 Å². The van der Waals surface area contributed by atoms with Crippen molar-refractivity contribution in [2.75, 3.05) is 13.1 Å². The summed E-state index contributed by atoms with van der Waals surface area (Å²) in [6.45, 7) is -0.507. The number of β-amino-alcohol motifs (C(OH)–C–C–N with tert-alkyl or cyclic N) is 1. The summed E-state index contributed by atoms with van der Waals surface area (Å²) in [5.74, 6) is -3.21. The first-order chi connectivity index (χ1) is 10.3. The molecular formula is C12H20N4O6. The van der Waals surface area contributed by atoms with Gasteiger partial charge in [-0.05, 0) is 6.42 Å². The summed E-state index contributed by atoms with van der Waals surface area (Å²) in [5.41, 5.74) is 10.2. The standard InChI is InChI=1S/C12H20N4O6/c13-4-10(19)15-7(1-2-9(14)18)11(20)16-5-6(17)3-8(16)12(21)22/h6-8,17H,1-5,13H2,(H2,14,18)(H,15,19)(H,21,22)/t6-,7+,8+/m1/s1. The number of aliphatic carboxylic acids is 1. The van der Waals surface area contributed by atoms with Gasteiger partial charge in [-0.25, -0.2) is 4.79 Å². The van der Waals surface area contributed by atoms with Crippen LogP contribution in [0.5, 0.6) is 0 Å². The van der Waals surface area contributed by atoms with Crippen molar-refractivity contribution >= 4 is 23.7 Å². The van der Waals surface area contributed by atoms with Crippen LogP contribution < -0.4 is 16.8 Å². The van der Waals surface area contributed by atoms with Crippen molar-refractivity contribution in [3.8, 4) is 0 Å². The summed E-state index contributed by atoms with van der Waals surface area (Å²) in [6.07, 6.45) is -1.27. The number of primary amides is 1. The van der Waals surface area contributed by atoms with Gasteiger partial charge in [0.1, 0.15) is 12.1 Å². The maximum atomic E-state index is 12.4. The Labute approximate surface area is 126 Å². The van der Waals surface area contributed by atoms with Gasteiger partial charge in [0, 0.05) is 19.4 Å². The SMILES string of the molecule is NCC(=O)N[C@@H](CCC(N)=O)C(=O)N1C[C@H](O)C[C@H]1C(=O)O. The molecule has 0 aromatic carbocycles. The molecule has 10 nitrogen and oxygen atoms in total. The number of aliphatic hydroxyl groups is 1. The van der Waals surface area contributed by atoms with Gasteiger partial charge in [-0.1, -0.05) is 0 Å². The van der Waals surface area contributed by atoms with Crippen molar-refractivity contribution in [2.45, 2.75) is 37.5 Å².